The lowest BCUT2D eigenvalue weighted by Gasteiger charge is -2.22. The third-order valence-electron chi connectivity index (χ3n) is 4.36. The van der Waals surface area contributed by atoms with Crippen LogP contribution in [0.3, 0.4) is 0 Å². The van der Waals surface area contributed by atoms with E-state index in [0.29, 0.717) is 11.0 Å². The first-order chi connectivity index (χ1) is 10.9. The van der Waals surface area contributed by atoms with Crippen molar-refractivity contribution < 1.29 is 14.6 Å². The van der Waals surface area contributed by atoms with E-state index in [9.17, 15) is 5.11 Å². The van der Waals surface area contributed by atoms with Gasteiger partial charge in [-0.15, -0.1) is 0 Å². The predicted octanol–water partition coefficient (Wildman–Crippen LogP) is 2.39. The van der Waals surface area contributed by atoms with Crippen molar-refractivity contribution in [2.45, 2.75) is 44.8 Å². The van der Waals surface area contributed by atoms with Gasteiger partial charge in [-0.1, -0.05) is 17.7 Å². The quantitative estimate of drug-likeness (QED) is 0.674. The Balaban J connectivity index is 1.83. The molecule has 0 amide bonds. The van der Waals surface area contributed by atoms with Crippen molar-refractivity contribution in [1.29, 1.82) is 0 Å². The number of hydrogen-bond acceptors (Lipinski definition) is 5. The lowest BCUT2D eigenvalue weighted by atomic mass is 10.1. The van der Waals surface area contributed by atoms with Gasteiger partial charge >= 0.3 is 0 Å². The van der Waals surface area contributed by atoms with Crippen LogP contribution >= 0.6 is 11.6 Å². The van der Waals surface area contributed by atoms with Gasteiger partial charge < -0.3 is 19.1 Å². The summed E-state index contributed by atoms with van der Waals surface area (Å²) in [5.41, 5.74) is 1.60. The molecule has 1 N–H and O–H groups in total. The minimum Gasteiger partial charge on any atom is -0.392 e. The summed E-state index contributed by atoms with van der Waals surface area (Å²) >= 11 is 6.22. The summed E-state index contributed by atoms with van der Waals surface area (Å²) in [6.45, 7) is 5.53. The van der Waals surface area contributed by atoms with Crippen molar-refractivity contribution in [3.63, 3.8) is 0 Å². The highest BCUT2D eigenvalue weighted by molar-refractivity contribution is 6.33. The fourth-order valence-electron chi connectivity index (χ4n) is 3.46. The third-order valence-corrected chi connectivity index (χ3v) is 4.65. The van der Waals surface area contributed by atoms with E-state index in [4.69, 9.17) is 21.1 Å². The Morgan fingerprint density at radius 2 is 2.13 bits per heavy atom. The fraction of sp³-hybridized carbons (Fsp3) is 0.500. The summed E-state index contributed by atoms with van der Waals surface area (Å²) in [5.74, 6) is -0.0550. The highest BCUT2D eigenvalue weighted by Crippen LogP contribution is 2.44. The molecule has 0 bridgehead atoms. The van der Waals surface area contributed by atoms with Gasteiger partial charge in [0.05, 0.1) is 18.0 Å². The molecule has 23 heavy (non-hydrogen) atoms. The molecule has 3 heterocycles. The molecule has 4 rings (SSSR count). The average molecular weight is 336 g/mol. The predicted molar refractivity (Wildman–Crippen MR) is 85.3 cm³/mol. The number of fused-ring (bicyclic) bond motifs is 2. The van der Waals surface area contributed by atoms with Gasteiger partial charge in [0, 0.05) is 6.20 Å². The van der Waals surface area contributed by atoms with E-state index in [0.717, 1.165) is 16.6 Å². The van der Waals surface area contributed by atoms with Crippen LogP contribution in [0.1, 0.15) is 25.7 Å². The monoisotopic (exact) mass is 335 g/mol. The van der Waals surface area contributed by atoms with Crippen LogP contribution in [0.25, 0.3) is 11.0 Å². The van der Waals surface area contributed by atoms with Gasteiger partial charge in [0.15, 0.2) is 5.79 Å². The largest absolute Gasteiger partial charge is 0.392 e. The van der Waals surface area contributed by atoms with Crippen molar-refractivity contribution in [1.82, 2.24) is 14.5 Å². The highest BCUT2D eigenvalue weighted by atomic mass is 35.5. The molecule has 2 aromatic rings. The summed E-state index contributed by atoms with van der Waals surface area (Å²) in [6, 6.07) is 1.80. The molecule has 0 spiro atoms. The maximum absolute atomic E-state index is 9.64. The summed E-state index contributed by atoms with van der Waals surface area (Å²) < 4.78 is 14.0. The van der Waals surface area contributed by atoms with Crippen LogP contribution in [-0.2, 0) is 9.47 Å². The molecule has 0 aromatic carbocycles. The number of ether oxygens (including phenoxy) is 2. The number of rotatable bonds is 2. The molecule has 0 saturated carbocycles. The maximum atomic E-state index is 9.64. The van der Waals surface area contributed by atoms with Gasteiger partial charge in [-0.05, 0) is 32.4 Å². The SMILES string of the molecule is Cc1nc(Cl)c2ccn([C@@H]3C=C(CO)[C@H]4OC(C)(C)O[C@H]43)c2n1. The number of nitrogens with zero attached hydrogens (tertiary/aromatic N) is 3. The summed E-state index contributed by atoms with van der Waals surface area (Å²) in [6.07, 6.45) is 3.49. The molecule has 0 radical (unpaired) electrons. The topological polar surface area (TPSA) is 69.4 Å². The summed E-state index contributed by atoms with van der Waals surface area (Å²) in [7, 11) is 0. The van der Waals surface area contributed by atoms with E-state index in [1.165, 1.54) is 0 Å². The number of halogens is 1. The van der Waals surface area contributed by atoms with Crippen LogP contribution in [0.2, 0.25) is 5.15 Å². The molecule has 2 aromatic heterocycles. The van der Waals surface area contributed by atoms with E-state index in [-0.39, 0.29) is 24.9 Å². The Labute approximate surface area is 138 Å². The van der Waals surface area contributed by atoms with Crippen molar-refractivity contribution >= 4 is 22.6 Å². The zero-order chi connectivity index (χ0) is 16.4. The minimum atomic E-state index is -0.673. The lowest BCUT2D eigenvalue weighted by molar-refractivity contribution is -0.148. The summed E-state index contributed by atoms with van der Waals surface area (Å²) in [4.78, 5) is 8.71. The number of aromatic nitrogens is 3. The molecular formula is C16H18ClN3O3. The van der Waals surface area contributed by atoms with Gasteiger partial charge in [0.25, 0.3) is 0 Å². The number of hydrogen-bond donors (Lipinski definition) is 1. The van der Waals surface area contributed by atoms with Crippen molar-refractivity contribution in [3.05, 3.63) is 34.9 Å². The first-order valence-corrected chi connectivity index (χ1v) is 7.95. The normalized spacial score (nSPS) is 29.1. The molecule has 1 fully saturated rings. The zero-order valence-electron chi connectivity index (χ0n) is 13.2. The molecular weight excluding hydrogens is 318 g/mol. The number of aliphatic hydroxyl groups excluding tert-OH is 1. The Kier molecular flexibility index (Phi) is 3.29. The van der Waals surface area contributed by atoms with E-state index < -0.39 is 5.79 Å². The standard InChI is InChI=1S/C16H18ClN3O3/c1-8-18-14(17)10-4-5-20(15(10)19-8)11-6-9(7-21)12-13(11)23-16(2,3)22-12/h4-6,11-13,21H,7H2,1-3H3/t11-,12-,13+/m1/s1. The molecule has 122 valence electrons. The molecule has 1 aliphatic heterocycles. The van der Waals surface area contributed by atoms with Crippen LogP contribution in [0.5, 0.6) is 0 Å². The maximum Gasteiger partial charge on any atom is 0.164 e. The Hall–Kier alpha value is -1.47. The van der Waals surface area contributed by atoms with Crippen LogP contribution in [-0.4, -0.2) is 44.2 Å². The fourth-order valence-corrected chi connectivity index (χ4v) is 3.72. The Bertz CT molecular complexity index is 814. The lowest BCUT2D eigenvalue weighted by Crippen LogP contribution is -2.28. The van der Waals surface area contributed by atoms with E-state index in [1.54, 1.807) is 0 Å². The molecule has 2 aliphatic rings. The Morgan fingerprint density at radius 3 is 2.87 bits per heavy atom. The second-order valence-corrected chi connectivity index (χ2v) is 6.79. The first kappa shape index (κ1) is 15.1. The molecule has 3 atom stereocenters. The molecule has 0 unspecified atom stereocenters. The first-order valence-electron chi connectivity index (χ1n) is 7.57. The number of aliphatic hydroxyl groups is 1. The van der Waals surface area contributed by atoms with Crippen molar-refractivity contribution in [3.8, 4) is 0 Å². The van der Waals surface area contributed by atoms with Crippen LogP contribution in [0, 0.1) is 6.92 Å². The molecule has 7 heteroatoms. The second-order valence-electron chi connectivity index (χ2n) is 6.43. The van der Waals surface area contributed by atoms with E-state index >= 15 is 0 Å². The van der Waals surface area contributed by atoms with Gasteiger partial charge in [-0.25, -0.2) is 9.97 Å². The van der Waals surface area contributed by atoms with Crippen LogP contribution < -0.4 is 0 Å². The third kappa shape index (κ3) is 2.29. The van der Waals surface area contributed by atoms with Gasteiger partial charge in [-0.2, -0.15) is 0 Å². The molecule has 6 nitrogen and oxygen atoms in total. The highest BCUT2D eigenvalue weighted by Gasteiger charge is 2.50. The smallest absolute Gasteiger partial charge is 0.164 e. The second kappa shape index (κ2) is 5.01. The van der Waals surface area contributed by atoms with Crippen LogP contribution in [0.4, 0.5) is 0 Å². The van der Waals surface area contributed by atoms with Crippen molar-refractivity contribution in [2.75, 3.05) is 6.61 Å². The average Bonchev–Trinajstić information content (AvgIpc) is 3.09. The molecule has 1 saturated heterocycles. The van der Waals surface area contributed by atoms with Gasteiger partial charge in [0.2, 0.25) is 0 Å². The molecule has 1 aliphatic carbocycles. The zero-order valence-corrected chi connectivity index (χ0v) is 13.9. The summed E-state index contributed by atoms with van der Waals surface area (Å²) in [5, 5.41) is 10.9. The minimum absolute atomic E-state index is 0.0505. The van der Waals surface area contributed by atoms with Gasteiger partial charge in [0.1, 0.15) is 28.8 Å². The van der Waals surface area contributed by atoms with Crippen LogP contribution in [0.15, 0.2) is 23.9 Å². The van der Waals surface area contributed by atoms with Gasteiger partial charge in [-0.3, -0.25) is 0 Å². The van der Waals surface area contributed by atoms with E-state index in [2.05, 4.69) is 9.97 Å². The Morgan fingerprint density at radius 1 is 1.35 bits per heavy atom. The number of aryl methyl sites for hydroxylation is 1. The van der Waals surface area contributed by atoms with E-state index in [1.807, 2.05) is 43.7 Å². The van der Waals surface area contributed by atoms with Crippen molar-refractivity contribution in [2.24, 2.45) is 0 Å².